The molecule has 0 bridgehead atoms. The van der Waals surface area contributed by atoms with Crippen molar-refractivity contribution in [1.82, 2.24) is 9.21 Å². The largest absolute Gasteiger partial charge is 0.413 e. The maximum Gasteiger partial charge on any atom is 0.218 e. The monoisotopic (exact) mass is 556 g/mol. The van der Waals surface area contributed by atoms with Gasteiger partial charge >= 0.3 is 0 Å². The van der Waals surface area contributed by atoms with Gasteiger partial charge in [0.1, 0.15) is 0 Å². The van der Waals surface area contributed by atoms with Crippen molar-refractivity contribution in [3.05, 3.63) is 69.7 Å². The van der Waals surface area contributed by atoms with Crippen molar-refractivity contribution >= 4 is 41.5 Å². The lowest BCUT2D eigenvalue weighted by Crippen LogP contribution is -2.45. The predicted octanol–water partition coefficient (Wildman–Crippen LogP) is 6.59. The molecule has 0 radical (unpaired) electrons. The molecule has 1 heterocycles. The maximum absolute atomic E-state index is 13.3. The average molecular weight is 558 g/mol. The first kappa shape index (κ1) is 28.6. The highest BCUT2D eigenvalue weighted by Gasteiger charge is 2.41. The van der Waals surface area contributed by atoms with Gasteiger partial charge in [-0.2, -0.15) is 0 Å². The molecule has 194 valence electrons. The summed E-state index contributed by atoms with van der Waals surface area (Å²) in [4.78, 5) is 2.37. The Morgan fingerprint density at radius 2 is 1.71 bits per heavy atom. The van der Waals surface area contributed by atoms with Crippen LogP contribution in [0.15, 0.2) is 48.5 Å². The van der Waals surface area contributed by atoms with Crippen LogP contribution in [0.3, 0.4) is 0 Å². The first-order valence-electron chi connectivity index (χ1n) is 12.0. The Balaban J connectivity index is 1.77. The minimum absolute atomic E-state index is 0.0630. The molecule has 0 N–H and O–H groups in total. The molecule has 5 nitrogen and oxygen atoms in total. The van der Waals surface area contributed by atoms with Crippen LogP contribution in [-0.4, -0.2) is 58.7 Å². The van der Waals surface area contributed by atoms with Gasteiger partial charge in [-0.3, -0.25) is 4.90 Å². The van der Waals surface area contributed by atoms with E-state index in [-0.39, 0.29) is 22.9 Å². The summed E-state index contributed by atoms with van der Waals surface area (Å²) >= 11 is 12.2. The number of rotatable bonds is 9. The zero-order valence-electron chi connectivity index (χ0n) is 21.6. The molecule has 1 saturated heterocycles. The first-order chi connectivity index (χ1) is 16.2. The molecule has 1 aliphatic heterocycles. The van der Waals surface area contributed by atoms with E-state index in [1.165, 1.54) is 4.31 Å². The molecule has 9 heteroatoms. The minimum Gasteiger partial charge on any atom is -0.413 e. The third-order valence-corrected chi connectivity index (χ3v) is 14.0. The van der Waals surface area contributed by atoms with E-state index < -0.39 is 18.3 Å². The molecular weight excluding hydrogens is 519 g/mol. The van der Waals surface area contributed by atoms with Crippen LogP contribution in [0.2, 0.25) is 28.2 Å². The Morgan fingerprint density at radius 3 is 2.29 bits per heavy atom. The standard InChI is InChI=1S/C26H38Cl2N2O3SSi/c1-26(2,3)35(5,6)33-24-12-13-30(17-24)25(21-10-8-7-9-11-21)18-29(4)34(31,32)19-20-14-22(27)16-23(28)15-20/h7-11,14-16,24-25H,12-13,17-19H2,1-6H3/t24-,25-/m0/s1. The second-order valence-electron chi connectivity index (χ2n) is 11.0. The number of hydrogen-bond acceptors (Lipinski definition) is 4. The first-order valence-corrected chi connectivity index (χ1v) is 17.3. The summed E-state index contributed by atoms with van der Waals surface area (Å²) in [6.07, 6.45) is 1.12. The van der Waals surface area contributed by atoms with E-state index in [1.54, 1.807) is 25.2 Å². The summed E-state index contributed by atoms with van der Waals surface area (Å²) < 4.78 is 34.7. The Bertz CT molecular complexity index is 1090. The van der Waals surface area contributed by atoms with E-state index in [0.717, 1.165) is 25.1 Å². The van der Waals surface area contributed by atoms with Gasteiger partial charge in [0.25, 0.3) is 0 Å². The predicted molar refractivity (Wildman–Crippen MR) is 149 cm³/mol. The molecule has 0 saturated carbocycles. The zero-order chi connectivity index (χ0) is 26.0. The van der Waals surface area contributed by atoms with Crippen LogP contribution in [0, 0.1) is 0 Å². The van der Waals surface area contributed by atoms with Gasteiger partial charge in [-0.25, -0.2) is 12.7 Å². The van der Waals surface area contributed by atoms with Gasteiger partial charge in [0.15, 0.2) is 8.32 Å². The van der Waals surface area contributed by atoms with Crippen LogP contribution in [0.5, 0.6) is 0 Å². The number of sulfonamides is 1. The molecular formula is C26H38Cl2N2O3SSi. The molecule has 0 aromatic heterocycles. The molecule has 1 fully saturated rings. The average Bonchev–Trinajstić information content (AvgIpc) is 3.17. The van der Waals surface area contributed by atoms with Crippen LogP contribution in [0.1, 0.15) is 44.4 Å². The van der Waals surface area contributed by atoms with Gasteiger partial charge in [-0.15, -0.1) is 0 Å². The highest BCUT2D eigenvalue weighted by molar-refractivity contribution is 7.88. The van der Waals surface area contributed by atoms with Crippen molar-refractivity contribution in [3.63, 3.8) is 0 Å². The molecule has 1 aliphatic rings. The third-order valence-electron chi connectivity index (χ3n) is 7.25. The van der Waals surface area contributed by atoms with E-state index in [1.807, 2.05) is 18.2 Å². The second kappa shape index (κ2) is 11.2. The molecule has 0 amide bonds. The summed E-state index contributed by atoms with van der Waals surface area (Å²) in [5.74, 6) is -0.150. The topological polar surface area (TPSA) is 49.9 Å². The normalized spacial score (nSPS) is 18.8. The summed E-state index contributed by atoms with van der Waals surface area (Å²) in [5, 5.41) is 1.01. The zero-order valence-corrected chi connectivity index (χ0v) is 24.9. The molecule has 35 heavy (non-hydrogen) atoms. The van der Waals surface area contributed by atoms with Crippen LogP contribution in [0.25, 0.3) is 0 Å². The fourth-order valence-electron chi connectivity index (χ4n) is 4.21. The quantitative estimate of drug-likeness (QED) is 0.327. The van der Waals surface area contributed by atoms with Gasteiger partial charge < -0.3 is 4.43 Å². The molecule has 0 unspecified atom stereocenters. The van der Waals surface area contributed by atoms with Gasteiger partial charge in [-0.1, -0.05) is 74.3 Å². The van der Waals surface area contributed by atoms with E-state index in [2.05, 4.69) is 50.9 Å². The van der Waals surface area contributed by atoms with Crippen LogP contribution in [-0.2, 0) is 20.2 Å². The molecule has 2 aromatic carbocycles. The lowest BCUT2D eigenvalue weighted by molar-refractivity contribution is 0.156. The van der Waals surface area contributed by atoms with Crippen LogP contribution < -0.4 is 0 Å². The van der Waals surface area contributed by atoms with Gasteiger partial charge in [0, 0.05) is 42.8 Å². The maximum atomic E-state index is 13.3. The molecule has 0 spiro atoms. The lowest BCUT2D eigenvalue weighted by Gasteiger charge is -2.38. The van der Waals surface area contributed by atoms with Crippen LogP contribution >= 0.6 is 23.2 Å². The Kier molecular flexibility index (Phi) is 9.17. The Morgan fingerprint density at radius 1 is 1.11 bits per heavy atom. The fourth-order valence-corrected chi connectivity index (χ4v) is 7.33. The lowest BCUT2D eigenvalue weighted by atomic mass is 10.1. The number of likely N-dealkylation sites (tertiary alicyclic amines) is 1. The third kappa shape index (κ3) is 7.54. The van der Waals surface area contributed by atoms with Crippen molar-refractivity contribution in [2.45, 2.75) is 63.2 Å². The van der Waals surface area contributed by atoms with Gasteiger partial charge in [0.05, 0.1) is 11.9 Å². The number of nitrogens with zero attached hydrogens (tertiary/aromatic N) is 2. The van der Waals surface area contributed by atoms with Crippen molar-refractivity contribution in [2.24, 2.45) is 0 Å². The van der Waals surface area contributed by atoms with Gasteiger partial charge in [-0.05, 0) is 53.9 Å². The minimum atomic E-state index is -3.58. The number of halogens is 2. The van der Waals surface area contributed by atoms with Crippen molar-refractivity contribution in [3.8, 4) is 0 Å². The summed E-state index contributed by atoms with van der Waals surface area (Å²) in [6.45, 7) is 13.4. The van der Waals surface area contributed by atoms with E-state index in [9.17, 15) is 8.42 Å². The highest BCUT2D eigenvalue weighted by atomic mass is 35.5. The number of benzene rings is 2. The molecule has 2 aromatic rings. The van der Waals surface area contributed by atoms with E-state index >= 15 is 0 Å². The summed E-state index contributed by atoms with van der Waals surface area (Å²) in [5.41, 5.74) is 1.68. The number of likely N-dealkylation sites (N-methyl/N-ethyl adjacent to an activating group) is 1. The molecule has 0 aliphatic carbocycles. The molecule has 3 rings (SSSR count). The smallest absolute Gasteiger partial charge is 0.218 e. The van der Waals surface area contributed by atoms with Crippen molar-refractivity contribution in [2.75, 3.05) is 26.7 Å². The van der Waals surface area contributed by atoms with E-state index in [4.69, 9.17) is 27.6 Å². The second-order valence-corrected chi connectivity index (χ2v) is 18.7. The Hall–Kier alpha value is -0.933. The molecule has 2 atom stereocenters. The van der Waals surface area contributed by atoms with Crippen molar-refractivity contribution < 1.29 is 12.8 Å². The number of hydrogen-bond donors (Lipinski definition) is 0. The van der Waals surface area contributed by atoms with Gasteiger partial charge in [0.2, 0.25) is 10.0 Å². The Labute approximate surface area is 222 Å². The fraction of sp³-hybridized carbons (Fsp3) is 0.538. The summed E-state index contributed by atoms with van der Waals surface area (Å²) in [6, 6.07) is 15.0. The van der Waals surface area contributed by atoms with Crippen LogP contribution in [0.4, 0.5) is 0 Å². The van der Waals surface area contributed by atoms with Crippen molar-refractivity contribution in [1.29, 1.82) is 0 Å². The summed E-state index contributed by atoms with van der Waals surface area (Å²) in [7, 11) is -3.81. The SMILES string of the molecule is CN(C[C@@H](c1ccccc1)N1CC[C@H](O[Si](C)(C)C(C)(C)C)C1)S(=O)(=O)Cc1cc(Cl)cc(Cl)c1. The highest BCUT2D eigenvalue weighted by Crippen LogP contribution is 2.39. The van der Waals surface area contributed by atoms with E-state index in [0.29, 0.717) is 22.2 Å².